The van der Waals surface area contributed by atoms with E-state index >= 15 is 0 Å². The number of rotatable bonds is 26. The third-order valence-electron chi connectivity index (χ3n) is 8.08. The van der Waals surface area contributed by atoms with Gasteiger partial charge in [0, 0.05) is 6.61 Å². The molecule has 1 unspecified atom stereocenters. The molecule has 8 heteroatoms. The highest BCUT2D eigenvalue weighted by atomic mass is 28.3. The van der Waals surface area contributed by atoms with Crippen molar-refractivity contribution in [1.29, 1.82) is 0 Å². The molecular formula is C33H69NO6Si+. The number of aliphatic hydroxyl groups is 1. The molecule has 1 fully saturated rings. The third-order valence-corrected chi connectivity index (χ3v) is 9.89. The minimum atomic E-state index is -1.30. The van der Waals surface area contributed by atoms with Gasteiger partial charge in [-0.25, -0.2) is 0 Å². The van der Waals surface area contributed by atoms with Crippen LogP contribution >= 0.6 is 0 Å². The van der Waals surface area contributed by atoms with Crippen molar-refractivity contribution in [3.05, 3.63) is 0 Å². The molecule has 1 rings (SSSR count). The van der Waals surface area contributed by atoms with Crippen molar-refractivity contribution >= 4 is 9.28 Å². The van der Waals surface area contributed by atoms with Gasteiger partial charge in [-0.2, -0.15) is 0 Å². The largest absolute Gasteiger partial charge is 0.394 e. The molecule has 1 N–H and O–H groups in total. The van der Waals surface area contributed by atoms with E-state index in [9.17, 15) is 0 Å². The molecule has 245 valence electrons. The zero-order valence-electron chi connectivity index (χ0n) is 27.5. The van der Waals surface area contributed by atoms with Gasteiger partial charge in [-0.3, -0.25) is 0 Å². The second kappa shape index (κ2) is 28.7. The molecular weight excluding hydrogens is 534 g/mol. The summed E-state index contributed by atoms with van der Waals surface area (Å²) in [7, 11) is 3.44. The van der Waals surface area contributed by atoms with Crippen LogP contribution in [0.3, 0.4) is 0 Å². The van der Waals surface area contributed by atoms with Gasteiger partial charge in [0.2, 0.25) is 0 Å². The van der Waals surface area contributed by atoms with E-state index in [0.29, 0.717) is 46.2 Å². The summed E-state index contributed by atoms with van der Waals surface area (Å²) in [5.41, 5.74) is 0. The number of nitrogens with zero attached hydrogens (tertiary/aromatic N) is 1. The van der Waals surface area contributed by atoms with Crippen molar-refractivity contribution in [3.8, 4) is 0 Å². The van der Waals surface area contributed by atoms with Crippen LogP contribution in [0.2, 0.25) is 6.04 Å². The fourth-order valence-corrected chi connectivity index (χ4v) is 6.87. The number of hydrogen-bond acceptors (Lipinski definition) is 6. The molecule has 0 spiro atoms. The van der Waals surface area contributed by atoms with E-state index in [1.54, 1.807) is 0 Å². The van der Waals surface area contributed by atoms with Gasteiger partial charge in [0.05, 0.1) is 79.5 Å². The summed E-state index contributed by atoms with van der Waals surface area (Å²) in [5, 5.41) is 8.83. The number of ether oxygens (including phenoxy) is 3. The van der Waals surface area contributed by atoms with Crippen LogP contribution in [-0.4, -0.2) is 105 Å². The fraction of sp³-hybridized carbons (Fsp3) is 1.00. The summed E-state index contributed by atoms with van der Waals surface area (Å²) in [6, 6.07) is 1.00. The number of hydrogen-bond donors (Lipinski definition) is 1. The minimum absolute atomic E-state index is 0.00583. The summed E-state index contributed by atoms with van der Waals surface area (Å²) >= 11 is 0. The molecule has 0 amide bonds. The predicted molar refractivity (Wildman–Crippen MR) is 172 cm³/mol. The van der Waals surface area contributed by atoms with E-state index in [1.807, 2.05) is 0 Å². The molecule has 7 nitrogen and oxygen atoms in total. The van der Waals surface area contributed by atoms with E-state index in [2.05, 4.69) is 21.0 Å². The van der Waals surface area contributed by atoms with Gasteiger partial charge in [-0.15, -0.1) is 0 Å². The first-order valence-corrected chi connectivity index (χ1v) is 18.9. The molecule has 1 radical (unpaired) electrons. The normalized spacial score (nSPS) is 18.0. The van der Waals surface area contributed by atoms with Crippen LogP contribution in [0.25, 0.3) is 0 Å². The van der Waals surface area contributed by atoms with Crippen LogP contribution < -0.4 is 0 Å². The number of quaternary nitrogens is 1. The lowest BCUT2D eigenvalue weighted by atomic mass is 10.0. The first-order chi connectivity index (χ1) is 20.1. The van der Waals surface area contributed by atoms with Crippen molar-refractivity contribution in [2.45, 2.75) is 135 Å². The second-order valence-electron chi connectivity index (χ2n) is 12.6. The summed E-state index contributed by atoms with van der Waals surface area (Å²) in [6.45, 7) is 8.51. The Hall–Kier alpha value is -0.0631. The van der Waals surface area contributed by atoms with E-state index in [1.165, 1.54) is 116 Å². The Morgan fingerprint density at radius 1 is 0.683 bits per heavy atom. The lowest BCUT2D eigenvalue weighted by molar-refractivity contribution is -0.890. The predicted octanol–water partition coefficient (Wildman–Crippen LogP) is 7.05. The molecule has 1 aliphatic rings. The van der Waals surface area contributed by atoms with E-state index in [4.69, 9.17) is 28.2 Å². The number of unbranched alkanes of at least 4 members (excludes halogenated alkanes) is 15. The van der Waals surface area contributed by atoms with Crippen molar-refractivity contribution < 1.29 is 32.7 Å². The Morgan fingerprint density at radius 2 is 1.22 bits per heavy atom. The van der Waals surface area contributed by atoms with Gasteiger partial charge in [0.1, 0.15) is 0 Å². The van der Waals surface area contributed by atoms with Crippen LogP contribution in [0.5, 0.6) is 0 Å². The Bertz CT molecular complexity index is 542. The molecule has 41 heavy (non-hydrogen) atoms. The van der Waals surface area contributed by atoms with E-state index in [0.717, 1.165) is 23.4 Å². The molecule has 0 saturated carbocycles. The first kappa shape index (κ1) is 39.0. The van der Waals surface area contributed by atoms with Crippen LogP contribution in [0, 0.1) is 0 Å². The average Bonchev–Trinajstić information content (AvgIpc) is 3.00. The minimum Gasteiger partial charge on any atom is -0.394 e. The van der Waals surface area contributed by atoms with Gasteiger partial charge in [-0.05, 0) is 31.7 Å². The van der Waals surface area contributed by atoms with Crippen LogP contribution in [0.1, 0.15) is 122 Å². The van der Waals surface area contributed by atoms with Crippen molar-refractivity contribution in [1.82, 2.24) is 0 Å². The molecule has 1 heterocycles. The molecule has 0 bridgehead atoms. The maximum Gasteiger partial charge on any atom is 0.384 e. The van der Waals surface area contributed by atoms with Crippen molar-refractivity contribution in [2.75, 3.05) is 80.0 Å². The molecule has 0 aromatic carbocycles. The Balaban J connectivity index is 2.00. The lowest BCUT2D eigenvalue weighted by Gasteiger charge is -2.30. The number of aliphatic hydroxyl groups excluding tert-OH is 1. The summed E-state index contributed by atoms with van der Waals surface area (Å²) in [6.07, 6.45) is 24.6. The Labute approximate surface area is 256 Å². The smallest absolute Gasteiger partial charge is 0.384 e. The molecule has 1 atom stereocenters. The van der Waals surface area contributed by atoms with Gasteiger partial charge in [-0.1, -0.05) is 96.8 Å². The quantitative estimate of drug-likeness (QED) is 0.0649. The highest BCUT2D eigenvalue weighted by molar-refractivity contribution is 6.44. The SMILES string of the molecule is CCCCCCCCCCCCCCCCCC[N+](C)(C)CCC[Si]1OCCOCC(CCOCCO)OCCO1. The van der Waals surface area contributed by atoms with E-state index in [-0.39, 0.29) is 12.7 Å². The van der Waals surface area contributed by atoms with Gasteiger partial charge >= 0.3 is 9.28 Å². The van der Waals surface area contributed by atoms with E-state index < -0.39 is 9.28 Å². The lowest BCUT2D eigenvalue weighted by Crippen LogP contribution is -2.41. The average molecular weight is 604 g/mol. The third kappa shape index (κ3) is 26.1. The fourth-order valence-electron chi connectivity index (χ4n) is 5.43. The first-order valence-electron chi connectivity index (χ1n) is 17.4. The highest BCUT2D eigenvalue weighted by Crippen LogP contribution is 2.15. The zero-order chi connectivity index (χ0) is 29.7. The summed E-state index contributed by atoms with van der Waals surface area (Å²) in [4.78, 5) is 0. The van der Waals surface area contributed by atoms with Gasteiger partial charge in [0.15, 0.2) is 0 Å². The summed E-state index contributed by atoms with van der Waals surface area (Å²) < 4.78 is 30.3. The topological polar surface area (TPSA) is 66.4 Å². The molecule has 0 aromatic heterocycles. The Kier molecular flexibility index (Phi) is 27.3. The van der Waals surface area contributed by atoms with Crippen LogP contribution in [0.15, 0.2) is 0 Å². The van der Waals surface area contributed by atoms with Crippen LogP contribution in [0.4, 0.5) is 0 Å². The maximum absolute atomic E-state index is 8.83. The molecule has 0 aliphatic carbocycles. The standard InChI is InChI=1S/C33H69NO6Si/c1-4-5-6-7-8-9-10-11-12-13-14-15-16-17-18-19-22-34(2,3)23-20-31-41-39-29-27-37-32-33(38-28-30-40-41)21-25-36-26-24-35/h33,35H,4-32H2,1-3H3/q+1. The second-order valence-corrected chi connectivity index (χ2v) is 14.4. The Morgan fingerprint density at radius 3 is 1.80 bits per heavy atom. The monoisotopic (exact) mass is 603 g/mol. The molecule has 1 aliphatic heterocycles. The van der Waals surface area contributed by atoms with Crippen molar-refractivity contribution in [2.24, 2.45) is 0 Å². The molecule has 1 saturated heterocycles. The van der Waals surface area contributed by atoms with Crippen LogP contribution in [-0.2, 0) is 23.1 Å². The van der Waals surface area contributed by atoms with Gasteiger partial charge in [0.25, 0.3) is 0 Å². The summed E-state index contributed by atoms with van der Waals surface area (Å²) in [5.74, 6) is 0. The maximum atomic E-state index is 8.83. The van der Waals surface area contributed by atoms with Gasteiger partial charge < -0.3 is 32.7 Å². The highest BCUT2D eigenvalue weighted by Gasteiger charge is 2.21. The van der Waals surface area contributed by atoms with Crippen molar-refractivity contribution in [3.63, 3.8) is 0 Å². The zero-order valence-corrected chi connectivity index (χ0v) is 28.5. The molecule has 0 aromatic rings.